The summed E-state index contributed by atoms with van der Waals surface area (Å²) in [5.74, 6) is -2.84. The van der Waals surface area contributed by atoms with Crippen molar-refractivity contribution in [2.45, 2.75) is 25.2 Å². The van der Waals surface area contributed by atoms with Crippen LogP contribution in [-0.4, -0.2) is 37.0 Å². The van der Waals surface area contributed by atoms with Crippen LogP contribution in [0.5, 0.6) is 0 Å². The van der Waals surface area contributed by atoms with E-state index in [-0.39, 0.29) is 12.3 Å². The average molecular weight is 230 g/mol. The highest BCUT2D eigenvalue weighted by molar-refractivity contribution is 4.95. The van der Waals surface area contributed by atoms with Crippen molar-refractivity contribution in [3.05, 3.63) is 10.4 Å². The number of rotatable bonds is 3. The molecular weight excluding hydrogens is 214 g/mol. The van der Waals surface area contributed by atoms with E-state index in [0.717, 1.165) is 13.0 Å². The van der Waals surface area contributed by atoms with Crippen molar-refractivity contribution in [1.82, 2.24) is 4.90 Å². The maximum Gasteiger partial charge on any atom is 0.252 e. The third kappa shape index (κ3) is 2.28. The van der Waals surface area contributed by atoms with E-state index in [1.165, 1.54) is 0 Å². The van der Waals surface area contributed by atoms with Gasteiger partial charge in [-0.25, -0.2) is 8.78 Å². The molecule has 2 rings (SSSR count). The van der Waals surface area contributed by atoms with E-state index in [1.807, 2.05) is 4.90 Å². The molecule has 2 aliphatic rings. The van der Waals surface area contributed by atoms with Crippen LogP contribution in [0.15, 0.2) is 5.11 Å². The topological polar surface area (TPSA) is 52.0 Å². The van der Waals surface area contributed by atoms with Crippen LogP contribution in [0, 0.1) is 11.8 Å². The molecule has 0 spiro atoms. The Kier molecular flexibility index (Phi) is 3.30. The van der Waals surface area contributed by atoms with Gasteiger partial charge in [-0.2, -0.15) is 0 Å². The van der Waals surface area contributed by atoms with Crippen LogP contribution in [0.3, 0.4) is 0 Å². The van der Waals surface area contributed by atoms with Crippen molar-refractivity contribution < 1.29 is 8.78 Å². The van der Waals surface area contributed by atoms with E-state index in [0.29, 0.717) is 26.1 Å². The minimum Gasteiger partial charge on any atom is -0.302 e. The number of alkyl halides is 2. The van der Waals surface area contributed by atoms with Crippen LogP contribution in [0.25, 0.3) is 10.4 Å². The molecule has 1 heterocycles. The van der Waals surface area contributed by atoms with Crippen LogP contribution >= 0.6 is 0 Å². The van der Waals surface area contributed by atoms with Gasteiger partial charge in [0.2, 0.25) is 0 Å². The zero-order valence-corrected chi connectivity index (χ0v) is 9.15. The minimum absolute atomic E-state index is 0.0400. The number of azide groups is 1. The number of hydrogen-bond acceptors (Lipinski definition) is 2. The third-order valence-corrected chi connectivity index (χ3v) is 3.72. The lowest BCUT2D eigenvalue weighted by molar-refractivity contribution is -0.0945. The lowest BCUT2D eigenvalue weighted by Crippen LogP contribution is -2.37. The third-order valence-electron chi connectivity index (χ3n) is 3.72. The van der Waals surface area contributed by atoms with Crippen LogP contribution in [0.4, 0.5) is 8.78 Å². The summed E-state index contributed by atoms with van der Waals surface area (Å²) >= 11 is 0. The summed E-state index contributed by atoms with van der Waals surface area (Å²) in [6.07, 6.45) is 1.59. The van der Waals surface area contributed by atoms with Crippen molar-refractivity contribution in [3.8, 4) is 0 Å². The Morgan fingerprint density at radius 2 is 2.25 bits per heavy atom. The fourth-order valence-electron chi connectivity index (χ4n) is 2.93. The molecule has 1 saturated heterocycles. The largest absolute Gasteiger partial charge is 0.302 e. The highest BCUT2D eigenvalue weighted by Gasteiger charge is 2.50. The summed E-state index contributed by atoms with van der Waals surface area (Å²) in [6.45, 7) is 2.18. The van der Waals surface area contributed by atoms with Crippen molar-refractivity contribution >= 4 is 0 Å². The van der Waals surface area contributed by atoms with E-state index < -0.39 is 11.8 Å². The molecule has 0 unspecified atom stereocenters. The van der Waals surface area contributed by atoms with Crippen LogP contribution < -0.4 is 0 Å². The molecule has 6 heteroatoms. The Labute approximate surface area is 93.2 Å². The SMILES string of the molecule is [N-]=[N+]=NCCN1C[C@H]2CCCC(F)(F)[C@@H]2C1. The molecule has 0 radical (unpaired) electrons. The molecule has 0 aromatic rings. The van der Waals surface area contributed by atoms with Crippen molar-refractivity contribution in [2.24, 2.45) is 17.0 Å². The normalized spacial score (nSPS) is 33.1. The van der Waals surface area contributed by atoms with Crippen molar-refractivity contribution in [3.63, 3.8) is 0 Å². The molecule has 2 atom stereocenters. The molecule has 1 aliphatic carbocycles. The molecule has 1 saturated carbocycles. The van der Waals surface area contributed by atoms with Crippen molar-refractivity contribution in [2.75, 3.05) is 26.2 Å². The first-order valence-corrected chi connectivity index (χ1v) is 5.74. The first-order valence-electron chi connectivity index (χ1n) is 5.74. The maximum absolute atomic E-state index is 13.6. The van der Waals surface area contributed by atoms with Gasteiger partial charge < -0.3 is 4.90 Å². The van der Waals surface area contributed by atoms with Crippen LogP contribution in [-0.2, 0) is 0 Å². The Bertz CT molecular complexity index is 301. The fraction of sp³-hybridized carbons (Fsp3) is 1.00. The molecule has 1 aliphatic heterocycles. The van der Waals surface area contributed by atoms with E-state index in [1.54, 1.807) is 0 Å². The van der Waals surface area contributed by atoms with Gasteiger partial charge in [-0.1, -0.05) is 5.11 Å². The van der Waals surface area contributed by atoms with E-state index >= 15 is 0 Å². The van der Waals surface area contributed by atoms with E-state index in [2.05, 4.69) is 10.0 Å². The lowest BCUT2D eigenvalue weighted by atomic mass is 9.79. The summed E-state index contributed by atoms with van der Waals surface area (Å²) in [6, 6.07) is 0. The summed E-state index contributed by atoms with van der Waals surface area (Å²) in [5.41, 5.74) is 8.15. The van der Waals surface area contributed by atoms with E-state index in [9.17, 15) is 8.78 Å². The molecule has 90 valence electrons. The predicted octanol–water partition coefficient (Wildman–Crippen LogP) is 2.66. The summed E-state index contributed by atoms with van der Waals surface area (Å²) in [4.78, 5) is 4.67. The van der Waals surface area contributed by atoms with Gasteiger partial charge in [0.05, 0.1) is 0 Å². The number of fused-ring (bicyclic) bond motifs is 1. The number of nitrogens with zero attached hydrogens (tertiary/aromatic N) is 4. The summed E-state index contributed by atoms with van der Waals surface area (Å²) in [5, 5.41) is 3.44. The second-order valence-corrected chi connectivity index (χ2v) is 4.73. The summed E-state index contributed by atoms with van der Waals surface area (Å²) in [7, 11) is 0. The van der Waals surface area contributed by atoms with Crippen LogP contribution in [0.2, 0.25) is 0 Å². The zero-order valence-electron chi connectivity index (χ0n) is 9.15. The van der Waals surface area contributed by atoms with Gasteiger partial charge in [-0.15, -0.1) is 0 Å². The quantitative estimate of drug-likeness (QED) is 0.417. The Hall–Kier alpha value is -0.870. The van der Waals surface area contributed by atoms with Gasteiger partial charge in [-0.3, -0.25) is 0 Å². The standard InChI is InChI=1S/C10H16F2N4/c11-10(12)3-1-2-8-6-16(7-9(8)10)5-4-14-15-13/h8-9H,1-7H2/t8-,9-/m1/s1. The zero-order chi connectivity index (χ0) is 11.6. The molecule has 4 nitrogen and oxygen atoms in total. The molecule has 0 N–H and O–H groups in total. The second kappa shape index (κ2) is 4.55. The molecule has 0 amide bonds. The lowest BCUT2D eigenvalue weighted by Gasteiger charge is -2.32. The number of likely N-dealkylation sites (tertiary alicyclic amines) is 1. The first-order chi connectivity index (χ1) is 7.63. The molecule has 0 aromatic heterocycles. The van der Waals surface area contributed by atoms with E-state index in [4.69, 9.17) is 5.53 Å². The molecule has 16 heavy (non-hydrogen) atoms. The minimum atomic E-state index is -2.49. The van der Waals surface area contributed by atoms with Crippen LogP contribution in [0.1, 0.15) is 19.3 Å². The predicted molar refractivity (Wildman–Crippen MR) is 56.2 cm³/mol. The molecule has 0 aromatic carbocycles. The van der Waals surface area contributed by atoms with Gasteiger partial charge in [-0.05, 0) is 24.3 Å². The molecule has 2 fully saturated rings. The highest BCUT2D eigenvalue weighted by Crippen LogP contribution is 2.45. The smallest absolute Gasteiger partial charge is 0.252 e. The monoisotopic (exact) mass is 230 g/mol. The van der Waals surface area contributed by atoms with Gasteiger partial charge in [0.15, 0.2) is 0 Å². The number of halogens is 2. The van der Waals surface area contributed by atoms with Gasteiger partial charge in [0.1, 0.15) is 0 Å². The van der Waals surface area contributed by atoms with Crippen molar-refractivity contribution in [1.29, 1.82) is 0 Å². The Morgan fingerprint density at radius 3 is 2.94 bits per heavy atom. The number of hydrogen-bond donors (Lipinski definition) is 0. The average Bonchev–Trinajstić information content (AvgIpc) is 2.62. The second-order valence-electron chi connectivity index (χ2n) is 4.73. The highest BCUT2D eigenvalue weighted by atomic mass is 19.3. The first kappa shape index (κ1) is 11.6. The fourth-order valence-corrected chi connectivity index (χ4v) is 2.93. The molecular formula is C10H16F2N4. The Balaban J connectivity index is 1.91. The summed E-state index contributed by atoms with van der Waals surface area (Å²) < 4.78 is 27.2. The molecule has 0 bridgehead atoms. The maximum atomic E-state index is 13.6. The van der Waals surface area contributed by atoms with Gasteiger partial charge in [0.25, 0.3) is 5.92 Å². The Morgan fingerprint density at radius 1 is 1.44 bits per heavy atom. The van der Waals surface area contributed by atoms with Gasteiger partial charge >= 0.3 is 0 Å². The van der Waals surface area contributed by atoms with Gasteiger partial charge in [0, 0.05) is 43.4 Å².